The van der Waals surface area contributed by atoms with Crippen molar-refractivity contribution in [3.05, 3.63) is 77.9 Å². The van der Waals surface area contributed by atoms with Gasteiger partial charge in [-0.1, -0.05) is 48.5 Å². The lowest BCUT2D eigenvalue weighted by Gasteiger charge is -2.10. The predicted octanol–water partition coefficient (Wildman–Crippen LogP) is 3.45. The van der Waals surface area contributed by atoms with Gasteiger partial charge in [0.15, 0.2) is 0 Å². The monoisotopic (exact) mass is 253 g/mol. The lowest BCUT2D eigenvalue weighted by Crippen LogP contribution is -2.00. The summed E-state index contributed by atoms with van der Waals surface area (Å²) in [5, 5.41) is 0. The molecule has 0 amide bonds. The number of allylic oxidation sites excluding steroid dienone is 1. The zero-order valence-corrected chi connectivity index (χ0v) is 11.0. The van der Waals surface area contributed by atoms with Crippen LogP contribution in [0.4, 0.5) is 0 Å². The van der Waals surface area contributed by atoms with Crippen molar-refractivity contribution < 1.29 is 4.74 Å². The third-order valence-corrected chi connectivity index (χ3v) is 2.99. The van der Waals surface area contributed by atoms with Crippen LogP contribution in [-0.2, 0) is 19.6 Å². The van der Waals surface area contributed by atoms with E-state index in [0.717, 1.165) is 28.9 Å². The summed E-state index contributed by atoms with van der Waals surface area (Å²) in [5.41, 5.74) is 9.02. The highest BCUT2D eigenvalue weighted by Crippen LogP contribution is 2.20. The Balaban J connectivity index is 2.03. The van der Waals surface area contributed by atoms with Crippen molar-refractivity contribution in [3.63, 3.8) is 0 Å². The lowest BCUT2D eigenvalue weighted by molar-refractivity contribution is 0.303. The van der Waals surface area contributed by atoms with Crippen LogP contribution in [0.25, 0.3) is 0 Å². The zero-order valence-electron chi connectivity index (χ0n) is 11.0. The van der Waals surface area contributed by atoms with E-state index in [-0.39, 0.29) is 0 Å². The molecule has 2 aromatic carbocycles. The number of nitrogens with two attached hydrogens (primary N) is 1. The number of ether oxygens (including phenoxy) is 1. The van der Waals surface area contributed by atoms with Crippen molar-refractivity contribution in [1.29, 1.82) is 0 Å². The van der Waals surface area contributed by atoms with Crippen LogP contribution in [0.1, 0.15) is 16.7 Å². The minimum atomic E-state index is 0.568. The molecule has 2 heteroatoms. The van der Waals surface area contributed by atoms with Crippen LogP contribution in [-0.4, -0.2) is 0 Å². The molecule has 0 fully saturated rings. The van der Waals surface area contributed by atoms with E-state index < -0.39 is 0 Å². The van der Waals surface area contributed by atoms with Crippen LogP contribution in [0.5, 0.6) is 5.75 Å². The number of hydrogen-bond donors (Lipinski definition) is 1. The van der Waals surface area contributed by atoms with E-state index in [1.165, 1.54) is 0 Å². The highest BCUT2D eigenvalue weighted by atomic mass is 16.5. The quantitative estimate of drug-likeness (QED) is 0.800. The van der Waals surface area contributed by atoms with Crippen molar-refractivity contribution in [2.75, 3.05) is 0 Å². The van der Waals surface area contributed by atoms with Gasteiger partial charge < -0.3 is 10.5 Å². The third-order valence-electron chi connectivity index (χ3n) is 2.99. The molecule has 0 atom stereocenters. The Kier molecular flexibility index (Phi) is 4.76. The second kappa shape index (κ2) is 6.76. The Morgan fingerprint density at radius 1 is 1.00 bits per heavy atom. The van der Waals surface area contributed by atoms with Gasteiger partial charge in [-0.25, -0.2) is 0 Å². The first-order valence-corrected chi connectivity index (χ1v) is 6.43. The summed E-state index contributed by atoms with van der Waals surface area (Å²) in [7, 11) is 0. The lowest BCUT2D eigenvalue weighted by atomic mass is 10.1. The maximum atomic E-state index is 5.87. The third kappa shape index (κ3) is 3.70. The van der Waals surface area contributed by atoms with E-state index in [2.05, 4.69) is 24.8 Å². The summed E-state index contributed by atoms with van der Waals surface area (Å²) in [6.07, 6.45) is 2.71. The molecule has 0 aliphatic rings. The van der Waals surface area contributed by atoms with Gasteiger partial charge in [-0.2, -0.15) is 0 Å². The second-order valence-electron chi connectivity index (χ2n) is 4.41. The molecule has 0 aliphatic heterocycles. The van der Waals surface area contributed by atoms with Gasteiger partial charge in [0, 0.05) is 6.54 Å². The number of rotatable bonds is 6. The van der Waals surface area contributed by atoms with Crippen molar-refractivity contribution in [1.82, 2.24) is 0 Å². The molecule has 0 heterocycles. The molecule has 2 nitrogen and oxygen atoms in total. The molecule has 0 saturated carbocycles. The Bertz CT molecular complexity index is 531. The Morgan fingerprint density at radius 2 is 1.68 bits per heavy atom. The van der Waals surface area contributed by atoms with Crippen LogP contribution in [0.2, 0.25) is 0 Å². The molecule has 0 saturated heterocycles. The van der Waals surface area contributed by atoms with Gasteiger partial charge in [0.2, 0.25) is 0 Å². The molecule has 2 rings (SSSR count). The maximum absolute atomic E-state index is 5.87. The molecule has 0 aliphatic carbocycles. The van der Waals surface area contributed by atoms with Crippen LogP contribution in [0.3, 0.4) is 0 Å². The standard InChI is InChI=1S/C17H19NO/c1-2-5-16-6-3-4-7-17(16)19-13-15-10-8-14(12-18)9-11-15/h2-4,6-11H,1,5,12-13,18H2. The molecule has 2 N–H and O–H groups in total. The van der Waals surface area contributed by atoms with E-state index in [1.807, 2.05) is 36.4 Å². The van der Waals surface area contributed by atoms with Gasteiger partial charge in [0.05, 0.1) is 0 Å². The van der Waals surface area contributed by atoms with Gasteiger partial charge in [-0.15, -0.1) is 6.58 Å². The topological polar surface area (TPSA) is 35.2 Å². The average molecular weight is 253 g/mol. The smallest absolute Gasteiger partial charge is 0.123 e. The first kappa shape index (κ1) is 13.4. The van der Waals surface area contributed by atoms with E-state index in [9.17, 15) is 0 Å². The normalized spacial score (nSPS) is 10.2. The molecular weight excluding hydrogens is 234 g/mol. The number of benzene rings is 2. The highest BCUT2D eigenvalue weighted by molar-refractivity contribution is 5.35. The van der Waals surface area contributed by atoms with Crippen molar-refractivity contribution >= 4 is 0 Å². The van der Waals surface area contributed by atoms with Gasteiger partial charge >= 0.3 is 0 Å². The van der Waals surface area contributed by atoms with Gasteiger partial charge in [-0.05, 0) is 29.2 Å². The second-order valence-corrected chi connectivity index (χ2v) is 4.41. The summed E-state index contributed by atoms with van der Waals surface area (Å²) in [4.78, 5) is 0. The fourth-order valence-corrected chi connectivity index (χ4v) is 1.90. The molecule has 98 valence electrons. The minimum absolute atomic E-state index is 0.568. The fourth-order valence-electron chi connectivity index (χ4n) is 1.90. The van der Waals surface area contributed by atoms with Gasteiger partial charge in [0.25, 0.3) is 0 Å². The Labute approximate surface area is 114 Å². The Morgan fingerprint density at radius 3 is 2.37 bits per heavy atom. The molecule has 2 aromatic rings. The van der Waals surface area contributed by atoms with Crippen LogP contribution >= 0.6 is 0 Å². The molecule has 0 aromatic heterocycles. The molecule has 0 bridgehead atoms. The maximum Gasteiger partial charge on any atom is 0.123 e. The van der Waals surface area contributed by atoms with Crippen molar-refractivity contribution in [3.8, 4) is 5.75 Å². The van der Waals surface area contributed by atoms with Crippen molar-refractivity contribution in [2.45, 2.75) is 19.6 Å². The van der Waals surface area contributed by atoms with Crippen molar-refractivity contribution in [2.24, 2.45) is 5.73 Å². The van der Waals surface area contributed by atoms with Gasteiger partial charge in [0.1, 0.15) is 12.4 Å². The van der Waals surface area contributed by atoms with E-state index >= 15 is 0 Å². The predicted molar refractivity (Wildman–Crippen MR) is 79.0 cm³/mol. The first-order chi connectivity index (χ1) is 9.33. The SMILES string of the molecule is C=CCc1ccccc1OCc1ccc(CN)cc1. The average Bonchev–Trinajstić information content (AvgIpc) is 2.47. The summed E-state index contributed by atoms with van der Waals surface area (Å²) in [6.45, 7) is 4.91. The molecule has 0 spiro atoms. The van der Waals surface area contributed by atoms with E-state index in [0.29, 0.717) is 13.2 Å². The summed E-state index contributed by atoms with van der Waals surface area (Å²) in [6, 6.07) is 16.2. The van der Waals surface area contributed by atoms with Gasteiger partial charge in [-0.3, -0.25) is 0 Å². The number of hydrogen-bond acceptors (Lipinski definition) is 2. The number of para-hydroxylation sites is 1. The summed E-state index contributed by atoms with van der Waals surface area (Å²) < 4.78 is 5.87. The summed E-state index contributed by atoms with van der Waals surface area (Å²) in [5.74, 6) is 0.922. The zero-order chi connectivity index (χ0) is 13.5. The van der Waals surface area contributed by atoms with E-state index in [1.54, 1.807) is 0 Å². The van der Waals surface area contributed by atoms with Crippen LogP contribution in [0, 0.1) is 0 Å². The summed E-state index contributed by atoms with van der Waals surface area (Å²) >= 11 is 0. The molecule has 0 radical (unpaired) electrons. The minimum Gasteiger partial charge on any atom is -0.489 e. The van der Waals surface area contributed by atoms with Crippen LogP contribution in [0.15, 0.2) is 61.2 Å². The first-order valence-electron chi connectivity index (χ1n) is 6.43. The highest BCUT2D eigenvalue weighted by Gasteiger charge is 2.01. The fraction of sp³-hybridized carbons (Fsp3) is 0.176. The van der Waals surface area contributed by atoms with Crippen LogP contribution < -0.4 is 10.5 Å². The largest absolute Gasteiger partial charge is 0.489 e. The molecular formula is C17H19NO. The Hall–Kier alpha value is -2.06. The molecule has 19 heavy (non-hydrogen) atoms. The van der Waals surface area contributed by atoms with E-state index in [4.69, 9.17) is 10.5 Å². The molecule has 0 unspecified atom stereocenters.